The first-order chi connectivity index (χ1) is 13.2. The number of halogens is 4. The van der Waals surface area contributed by atoms with Gasteiger partial charge in [-0.2, -0.15) is 13.2 Å². The fraction of sp³-hybridized carbons (Fsp3) is 0.250. The van der Waals surface area contributed by atoms with Gasteiger partial charge in [-0.05, 0) is 42.3 Å². The van der Waals surface area contributed by atoms with Crippen LogP contribution in [-0.4, -0.2) is 26.2 Å². The van der Waals surface area contributed by atoms with Gasteiger partial charge in [-0.15, -0.1) is 0 Å². The number of allylic oxidation sites excluding steroid dienone is 1. The van der Waals surface area contributed by atoms with Crippen molar-refractivity contribution in [2.45, 2.75) is 13.1 Å². The summed E-state index contributed by atoms with van der Waals surface area (Å²) in [5.41, 5.74) is 0.270. The third-order valence-corrected chi connectivity index (χ3v) is 3.76. The zero-order valence-corrected chi connectivity index (χ0v) is 15.3. The van der Waals surface area contributed by atoms with Gasteiger partial charge in [0.15, 0.2) is 0 Å². The summed E-state index contributed by atoms with van der Waals surface area (Å²) in [5.74, 6) is -0.857. The van der Waals surface area contributed by atoms with Gasteiger partial charge in [-0.1, -0.05) is 12.1 Å². The zero-order chi connectivity index (χ0) is 20.7. The van der Waals surface area contributed by atoms with E-state index in [1.807, 2.05) is 0 Å². The van der Waals surface area contributed by atoms with Crippen LogP contribution in [0.15, 0.2) is 48.5 Å². The van der Waals surface area contributed by atoms with Gasteiger partial charge >= 0.3 is 6.18 Å². The van der Waals surface area contributed by atoms with E-state index >= 15 is 0 Å². The molecule has 4 nitrogen and oxygen atoms in total. The maximum Gasteiger partial charge on any atom is 0.416 e. The number of carbonyl (C=O) groups excluding carboxylic acids is 1. The van der Waals surface area contributed by atoms with Crippen molar-refractivity contribution in [3.05, 3.63) is 65.5 Å². The second-order valence-corrected chi connectivity index (χ2v) is 5.87. The molecule has 0 aromatic heterocycles. The molecule has 0 atom stereocenters. The monoisotopic (exact) mass is 397 g/mol. The molecular formula is C20H19F4NO3. The first-order valence-corrected chi connectivity index (χ1v) is 8.29. The highest BCUT2D eigenvalue weighted by Gasteiger charge is 2.29. The van der Waals surface area contributed by atoms with E-state index in [0.717, 1.165) is 18.2 Å². The third-order valence-electron chi connectivity index (χ3n) is 3.76. The van der Waals surface area contributed by atoms with Crippen molar-refractivity contribution in [2.24, 2.45) is 0 Å². The summed E-state index contributed by atoms with van der Waals surface area (Å²) in [7, 11) is 1.51. The van der Waals surface area contributed by atoms with E-state index in [-0.39, 0.29) is 18.0 Å². The van der Waals surface area contributed by atoms with Gasteiger partial charge in [-0.25, -0.2) is 4.39 Å². The van der Waals surface area contributed by atoms with Gasteiger partial charge in [0.1, 0.15) is 18.2 Å². The predicted molar refractivity (Wildman–Crippen MR) is 97.5 cm³/mol. The number of amides is 1. The van der Waals surface area contributed by atoms with Crippen molar-refractivity contribution in [3.8, 4) is 5.75 Å². The fourth-order valence-electron chi connectivity index (χ4n) is 2.33. The molecule has 2 rings (SSSR count). The minimum atomic E-state index is -4.43. The molecule has 0 saturated carbocycles. The van der Waals surface area contributed by atoms with Crippen LogP contribution in [-0.2, 0) is 15.7 Å². The third kappa shape index (κ3) is 6.09. The number of alkyl halides is 3. The summed E-state index contributed by atoms with van der Waals surface area (Å²) >= 11 is 0. The molecule has 0 aliphatic rings. The highest BCUT2D eigenvalue weighted by molar-refractivity contribution is 6.04. The molecule has 0 bridgehead atoms. The van der Waals surface area contributed by atoms with Gasteiger partial charge in [0.05, 0.1) is 17.9 Å². The van der Waals surface area contributed by atoms with Crippen LogP contribution in [0.5, 0.6) is 5.75 Å². The number of hydrogen-bond acceptors (Lipinski definition) is 3. The quantitative estimate of drug-likeness (QED) is 0.410. The molecule has 0 fully saturated rings. The first-order valence-electron chi connectivity index (χ1n) is 8.29. The molecule has 1 amide bonds. The average molecular weight is 397 g/mol. The number of hydrogen-bond donors (Lipinski definition) is 1. The standard InChI is InChI=1S/C20H19F4NO3/c1-13(14-3-5-15(6-4-14)20(22,23)24)11-19(26)25-17-12-16(21)7-8-18(17)28-10-9-27-2/h3-8,11-12H,9-10H2,1-2H3,(H,25,26). The van der Waals surface area contributed by atoms with Gasteiger partial charge < -0.3 is 14.8 Å². The lowest BCUT2D eigenvalue weighted by Gasteiger charge is -2.12. The summed E-state index contributed by atoms with van der Waals surface area (Å²) in [6.07, 6.45) is -3.21. The Morgan fingerprint density at radius 3 is 2.39 bits per heavy atom. The smallest absolute Gasteiger partial charge is 0.416 e. The molecule has 150 valence electrons. The molecule has 0 heterocycles. The van der Waals surface area contributed by atoms with Crippen molar-refractivity contribution in [3.63, 3.8) is 0 Å². The van der Waals surface area contributed by atoms with E-state index in [2.05, 4.69) is 5.32 Å². The number of methoxy groups -OCH3 is 1. The van der Waals surface area contributed by atoms with E-state index in [1.165, 1.54) is 37.5 Å². The molecule has 0 aliphatic carbocycles. The van der Waals surface area contributed by atoms with Crippen LogP contribution < -0.4 is 10.1 Å². The largest absolute Gasteiger partial charge is 0.489 e. The molecule has 0 spiro atoms. The van der Waals surface area contributed by atoms with Crippen LogP contribution >= 0.6 is 0 Å². The van der Waals surface area contributed by atoms with E-state index < -0.39 is 23.5 Å². The van der Waals surface area contributed by atoms with Crippen molar-refractivity contribution in [1.82, 2.24) is 0 Å². The van der Waals surface area contributed by atoms with Gasteiger partial charge in [0.2, 0.25) is 5.91 Å². The molecule has 2 aromatic carbocycles. The second kappa shape index (κ2) is 9.36. The SMILES string of the molecule is COCCOc1ccc(F)cc1NC(=O)C=C(C)c1ccc(C(F)(F)F)cc1. The molecule has 2 aromatic rings. The Hall–Kier alpha value is -2.87. The summed E-state index contributed by atoms with van der Waals surface area (Å²) < 4.78 is 61.7. The Morgan fingerprint density at radius 1 is 1.11 bits per heavy atom. The topological polar surface area (TPSA) is 47.6 Å². The van der Waals surface area contributed by atoms with Crippen LogP contribution in [0.2, 0.25) is 0 Å². The van der Waals surface area contributed by atoms with Gasteiger partial charge in [-0.3, -0.25) is 4.79 Å². The molecule has 0 aliphatic heterocycles. The Kier molecular flexibility index (Phi) is 7.17. The number of benzene rings is 2. The maximum absolute atomic E-state index is 13.5. The molecule has 28 heavy (non-hydrogen) atoms. The maximum atomic E-state index is 13.5. The van der Waals surface area contributed by atoms with Crippen molar-refractivity contribution < 1.29 is 31.8 Å². The van der Waals surface area contributed by atoms with Crippen LogP contribution in [0.1, 0.15) is 18.1 Å². The highest BCUT2D eigenvalue weighted by Crippen LogP contribution is 2.30. The number of carbonyl (C=O) groups is 1. The van der Waals surface area contributed by atoms with Crippen LogP contribution in [0, 0.1) is 5.82 Å². The Labute approximate surface area is 159 Å². The Bertz CT molecular complexity index is 846. The van der Waals surface area contributed by atoms with E-state index in [0.29, 0.717) is 17.7 Å². The average Bonchev–Trinajstić information content (AvgIpc) is 2.63. The lowest BCUT2D eigenvalue weighted by molar-refractivity contribution is -0.137. The number of anilines is 1. The minimum Gasteiger partial charge on any atom is -0.489 e. The number of ether oxygens (including phenoxy) is 2. The fourth-order valence-corrected chi connectivity index (χ4v) is 2.33. The van der Waals surface area contributed by atoms with E-state index in [4.69, 9.17) is 9.47 Å². The zero-order valence-electron chi connectivity index (χ0n) is 15.3. The van der Waals surface area contributed by atoms with Crippen LogP contribution in [0.25, 0.3) is 5.57 Å². The highest BCUT2D eigenvalue weighted by atomic mass is 19.4. The Balaban J connectivity index is 2.13. The normalized spacial score (nSPS) is 12.0. The number of rotatable bonds is 7. The van der Waals surface area contributed by atoms with Crippen LogP contribution in [0.4, 0.5) is 23.2 Å². The molecule has 8 heteroatoms. The Morgan fingerprint density at radius 2 is 1.79 bits per heavy atom. The summed E-state index contributed by atoms with van der Waals surface area (Å²) in [5, 5.41) is 2.51. The van der Waals surface area contributed by atoms with Crippen molar-refractivity contribution >= 4 is 17.2 Å². The van der Waals surface area contributed by atoms with Crippen LogP contribution in [0.3, 0.4) is 0 Å². The molecule has 0 saturated heterocycles. The molecule has 0 unspecified atom stereocenters. The summed E-state index contributed by atoms with van der Waals surface area (Å²) in [4.78, 5) is 12.2. The molecule has 0 radical (unpaired) electrons. The summed E-state index contributed by atoms with van der Waals surface area (Å²) in [6.45, 7) is 2.12. The lowest BCUT2D eigenvalue weighted by atomic mass is 10.0. The van der Waals surface area contributed by atoms with E-state index in [1.54, 1.807) is 6.92 Å². The number of nitrogens with one attached hydrogen (secondary N) is 1. The molecular weight excluding hydrogens is 378 g/mol. The summed E-state index contributed by atoms with van der Waals surface area (Å²) in [6, 6.07) is 8.14. The van der Waals surface area contributed by atoms with Crippen molar-refractivity contribution in [2.75, 3.05) is 25.6 Å². The second-order valence-electron chi connectivity index (χ2n) is 5.87. The first kappa shape index (κ1) is 21.4. The molecule has 1 N–H and O–H groups in total. The van der Waals surface area contributed by atoms with E-state index in [9.17, 15) is 22.4 Å². The minimum absolute atomic E-state index is 0.137. The van der Waals surface area contributed by atoms with Crippen molar-refractivity contribution in [1.29, 1.82) is 0 Å². The lowest BCUT2D eigenvalue weighted by Crippen LogP contribution is -2.12. The van der Waals surface area contributed by atoms with Gasteiger partial charge in [0, 0.05) is 19.3 Å². The predicted octanol–water partition coefficient (Wildman–Crippen LogP) is 4.91. The van der Waals surface area contributed by atoms with Gasteiger partial charge in [0.25, 0.3) is 0 Å².